The average molecular weight is 225 g/mol. The van der Waals surface area contributed by atoms with Gasteiger partial charge in [-0.2, -0.15) is 0 Å². The van der Waals surface area contributed by atoms with Gasteiger partial charge in [-0.05, 0) is 18.9 Å². The number of hydrogen-bond acceptors (Lipinski definition) is 5. The van der Waals surface area contributed by atoms with Crippen LogP contribution in [0.3, 0.4) is 0 Å². The molecule has 0 aliphatic rings. The lowest BCUT2D eigenvalue weighted by Gasteiger charge is -2.05. The van der Waals surface area contributed by atoms with Crippen molar-refractivity contribution in [1.82, 2.24) is 4.98 Å². The third kappa shape index (κ3) is 3.86. The molecular weight excluding hydrogens is 210 g/mol. The van der Waals surface area contributed by atoms with Gasteiger partial charge in [0.25, 0.3) is 0 Å². The van der Waals surface area contributed by atoms with Crippen molar-refractivity contribution in [3.05, 3.63) is 23.9 Å². The second-order valence-corrected chi connectivity index (χ2v) is 3.13. The average Bonchev–Trinajstić information content (AvgIpc) is 2.34. The Bertz CT molecular complexity index is 341. The first-order valence-electron chi connectivity index (χ1n) is 5.07. The standard InChI is InChI=1S/C11H15NO4/c1-15-11(14)9-5-4-6-10(12-9)16-8-3-2-7-13/h4-6,13H,2-3,7-8H2,1H3. The van der Waals surface area contributed by atoms with Crippen LogP contribution in [0.4, 0.5) is 0 Å². The van der Waals surface area contributed by atoms with Crippen LogP contribution in [-0.2, 0) is 4.74 Å². The minimum absolute atomic E-state index is 0.152. The summed E-state index contributed by atoms with van der Waals surface area (Å²) in [6.45, 7) is 0.622. The minimum atomic E-state index is -0.485. The molecule has 88 valence electrons. The second kappa shape index (κ2) is 6.79. The van der Waals surface area contributed by atoms with Crippen LogP contribution in [-0.4, -0.2) is 36.4 Å². The van der Waals surface area contributed by atoms with Crippen molar-refractivity contribution >= 4 is 5.97 Å². The predicted molar refractivity (Wildman–Crippen MR) is 57.4 cm³/mol. The molecule has 0 aromatic carbocycles. The molecule has 5 heteroatoms. The van der Waals surface area contributed by atoms with E-state index in [1.165, 1.54) is 7.11 Å². The highest BCUT2D eigenvalue weighted by molar-refractivity contribution is 5.87. The molecule has 0 aliphatic heterocycles. The molecule has 0 fully saturated rings. The Morgan fingerprint density at radius 3 is 2.94 bits per heavy atom. The highest BCUT2D eigenvalue weighted by Gasteiger charge is 2.07. The van der Waals surface area contributed by atoms with Gasteiger partial charge in [-0.25, -0.2) is 9.78 Å². The predicted octanol–water partition coefficient (Wildman–Crippen LogP) is 1.02. The normalized spacial score (nSPS) is 9.88. The number of aromatic nitrogens is 1. The van der Waals surface area contributed by atoms with Gasteiger partial charge in [-0.1, -0.05) is 6.07 Å². The van der Waals surface area contributed by atoms with E-state index in [4.69, 9.17) is 9.84 Å². The third-order valence-corrected chi connectivity index (χ3v) is 1.92. The molecule has 0 amide bonds. The molecule has 1 N–H and O–H groups in total. The van der Waals surface area contributed by atoms with E-state index >= 15 is 0 Å². The molecule has 1 aromatic rings. The molecule has 0 saturated heterocycles. The summed E-state index contributed by atoms with van der Waals surface area (Å²) >= 11 is 0. The van der Waals surface area contributed by atoms with E-state index in [0.29, 0.717) is 18.9 Å². The van der Waals surface area contributed by atoms with Crippen molar-refractivity contribution in [2.24, 2.45) is 0 Å². The van der Waals surface area contributed by atoms with Gasteiger partial charge in [0.05, 0.1) is 13.7 Å². The van der Waals surface area contributed by atoms with E-state index in [0.717, 1.165) is 6.42 Å². The lowest BCUT2D eigenvalue weighted by Crippen LogP contribution is -2.06. The highest BCUT2D eigenvalue weighted by Crippen LogP contribution is 2.08. The summed E-state index contributed by atoms with van der Waals surface area (Å²) in [7, 11) is 1.30. The first-order valence-corrected chi connectivity index (χ1v) is 5.07. The van der Waals surface area contributed by atoms with Crippen LogP contribution in [0.5, 0.6) is 5.88 Å². The van der Waals surface area contributed by atoms with E-state index in [9.17, 15) is 4.79 Å². The number of ether oxygens (including phenoxy) is 2. The molecule has 0 spiro atoms. The number of carbonyl (C=O) groups excluding carboxylic acids is 1. The van der Waals surface area contributed by atoms with E-state index in [2.05, 4.69) is 9.72 Å². The van der Waals surface area contributed by atoms with Crippen LogP contribution in [0, 0.1) is 0 Å². The smallest absolute Gasteiger partial charge is 0.356 e. The summed E-state index contributed by atoms with van der Waals surface area (Å²) in [5.41, 5.74) is 0.224. The quantitative estimate of drug-likeness (QED) is 0.578. The summed E-state index contributed by atoms with van der Waals surface area (Å²) in [5.74, 6) is -0.0957. The Morgan fingerprint density at radius 1 is 1.44 bits per heavy atom. The Kier molecular flexibility index (Phi) is 5.28. The zero-order chi connectivity index (χ0) is 11.8. The first kappa shape index (κ1) is 12.4. The zero-order valence-corrected chi connectivity index (χ0v) is 9.18. The number of esters is 1. The zero-order valence-electron chi connectivity index (χ0n) is 9.18. The van der Waals surface area contributed by atoms with Gasteiger partial charge in [-0.3, -0.25) is 0 Å². The molecule has 5 nitrogen and oxygen atoms in total. The van der Waals surface area contributed by atoms with Crippen LogP contribution < -0.4 is 4.74 Å². The van der Waals surface area contributed by atoms with Crippen LogP contribution in [0.15, 0.2) is 18.2 Å². The molecule has 0 atom stereocenters. The number of methoxy groups -OCH3 is 1. The fourth-order valence-electron chi connectivity index (χ4n) is 1.10. The molecule has 1 aromatic heterocycles. The Hall–Kier alpha value is -1.62. The summed E-state index contributed by atoms with van der Waals surface area (Å²) in [6.07, 6.45) is 1.44. The number of carbonyl (C=O) groups is 1. The molecular formula is C11H15NO4. The van der Waals surface area contributed by atoms with Gasteiger partial charge >= 0.3 is 5.97 Å². The molecule has 16 heavy (non-hydrogen) atoms. The number of unbranched alkanes of at least 4 members (excludes halogenated alkanes) is 1. The van der Waals surface area contributed by atoms with Gasteiger partial charge < -0.3 is 14.6 Å². The monoisotopic (exact) mass is 225 g/mol. The maximum absolute atomic E-state index is 11.2. The van der Waals surface area contributed by atoms with Crippen molar-refractivity contribution in [2.75, 3.05) is 20.3 Å². The molecule has 0 unspecified atom stereocenters. The Balaban J connectivity index is 2.50. The van der Waals surface area contributed by atoms with E-state index in [-0.39, 0.29) is 12.3 Å². The fraction of sp³-hybridized carbons (Fsp3) is 0.455. The molecule has 0 aliphatic carbocycles. The SMILES string of the molecule is COC(=O)c1cccc(OCCCCO)n1. The maximum atomic E-state index is 11.2. The van der Waals surface area contributed by atoms with Crippen LogP contribution in [0.1, 0.15) is 23.3 Å². The van der Waals surface area contributed by atoms with Crippen molar-refractivity contribution in [3.63, 3.8) is 0 Å². The lowest BCUT2D eigenvalue weighted by molar-refractivity contribution is 0.0592. The Labute approximate surface area is 94.0 Å². The van der Waals surface area contributed by atoms with Gasteiger partial charge in [0.15, 0.2) is 5.69 Å². The van der Waals surface area contributed by atoms with Crippen molar-refractivity contribution in [3.8, 4) is 5.88 Å². The number of aliphatic hydroxyl groups is 1. The van der Waals surface area contributed by atoms with Crippen LogP contribution >= 0.6 is 0 Å². The van der Waals surface area contributed by atoms with E-state index < -0.39 is 5.97 Å². The fourth-order valence-corrected chi connectivity index (χ4v) is 1.10. The maximum Gasteiger partial charge on any atom is 0.356 e. The van der Waals surface area contributed by atoms with Crippen molar-refractivity contribution in [2.45, 2.75) is 12.8 Å². The summed E-state index contributed by atoms with van der Waals surface area (Å²) < 4.78 is 9.86. The van der Waals surface area contributed by atoms with Gasteiger partial charge in [-0.15, -0.1) is 0 Å². The summed E-state index contributed by atoms with van der Waals surface area (Å²) in [5, 5.41) is 8.58. The number of hydrogen-bond donors (Lipinski definition) is 1. The topological polar surface area (TPSA) is 68.7 Å². The highest BCUT2D eigenvalue weighted by atomic mass is 16.5. The van der Waals surface area contributed by atoms with Gasteiger partial charge in [0.2, 0.25) is 5.88 Å². The molecule has 1 heterocycles. The van der Waals surface area contributed by atoms with Crippen LogP contribution in [0.25, 0.3) is 0 Å². The lowest BCUT2D eigenvalue weighted by atomic mass is 10.3. The van der Waals surface area contributed by atoms with E-state index in [1.807, 2.05) is 0 Å². The molecule has 0 radical (unpaired) electrons. The minimum Gasteiger partial charge on any atom is -0.478 e. The van der Waals surface area contributed by atoms with E-state index in [1.54, 1.807) is 18.2 Å². The van der Waals surface area contributed by atoms with Crippen molar-refractivity contribution in [1.29, 1.82) is 0 Å². The summed E-state index contributed by atoms with van der Waals surface area (Å²) in [6, 6.07) is 4.92. The Morgan fingerprint density at radius 2 is 2.25 bits per heavy atom. The summed E-state index contributed by atoms with van der Waals surface area (Å²) in [4.78, 5) is 15.2. The van der Waals surface area contributed by atoms with Gasteiger partial charge in [0.1, 0.15) is 0 Å². The van der Waals surface area contributed by atoms with Gasteiger partial charge in [0, 0.05) is 12.7 Å². The largest absolute Gasteiger partial charge is 0.478 e. The molecule has 0 saturated carbocycles. The number of aliphatic hydroxyl groups excluding tert-OH is 1. The van der Waals surface area contributed by atoms with Crippen molar-refractivity contribution < 1.29 is 19.4 Å². The second-order valence-electron chi connectivity index (χ2n) is 3.13. The third-order valence-electron chi connectivity index (χ3n) is 1.92. The van der Waals surface area contributed by atoms with Crippen LogP contribution in [0.2, 0.25) is 0 Å². The number of nitrogens with zero attached hydrogens (tertiary/aromatic N) is 1. The number of pyridine rings is 1. The molecule has 1 rings (SSSR count). The first-order chi connectivity index (χ1) is 7.77. The molecule has 0 bridgehead atoms. The number of rotatable bonds is 6.